The van der Waals surface area contributed by atoms with Crippen LogP contribution in [0.5, 0.6) is 0 Å². The smallest absolute Gasteiger partial charge is 0.207 e. The summed E-state index contributed by atoms with van der Waals surface area (Å²) in [6.07, 6.45) is 1.27. The molecule has 130 valence electrons. The van der Waals surface area contributed by atoms with Crippen LogP contribution in [0.15, 0.2) is 53.4 Å². The molecule has 0 spiro atoms. The van der Waals surface area contributed by atoms with E-state index in [0.717, 1.165) is 17.5 Å². The highest BCUT2D eigenvalue weighted by Gasteiger charge is 2.43. The Hall–Kier alpha value is -1.87. The molecule has 0 bridgehead atoms. The molecule has 2 atom stereocenters. The normalized spacial score (nSPS) is 21.2. The second-order valence-electron chi connectivity index (χ2n) is 6.09. The minimum absolute atomic E-state index is 0.249. The van der Waals surface area contributed by atoms with Crippen molar-refractivity contribution in [2.45, 2.75) is 30.7 Å². The van der Waals surface area contributed by atoms with Gasteiger partial charge in [-0.25, -0.2) is 8.42 Å². The summed E-state index contributed by atoms with van der Waals surface area (Å²) in [5.74, 6) is -0.387. The van der Waals surface area contributed by atoms with Gasteiger partial charge in [0, 0.05) is 11.6 Å². The molecule has 3 rings (SSSR count). The third kappa shape index (κ3) is 3.30. The predicted molar refractivity (Wildman–Crippen MR) is 97.6 cm³/mol. The fourth-order valence-corrected chi connectivity index (χ4v) is 5.29. The molecule has 1 fully saturated rings. The molecule has 0 N–H and O–H groups in total. The lowest BCUT2D eigenvalue weighted by atomic mass is 9.91. The maximum absolute atomic E-state index is 13.1. The van der Waals surface area contributed by atoms with Crippen LogP contribution < -0.4 is 0 Å². The van der Waals surface area contributed by atoms with E-state index in [1.165, 1.54) is 4.31 Å². The number of aryl methyl sites for hydroxylation is 1. The minimum Gasteiger partial charge on any atom is -0.207 e. The molecule has 6 heteroatoms. The summed E-state index contributed by atoms with van der Waals surface area (Å²) in [6, 6.07) is 15.7. The Kier molecular flexibility index (Phi) is 5.14. The van der Waals surface area contributed by atoms with E-state index in [-0.39, 0.29) is 10.8 Å². The maximum Gasteiger partial charge on any atom is 0.243 e. The first kappa shape index (κ1) is 17.9. The van der Waals surface area contributed by atoms with Gasteiger partial charge < -0.3 is 0 Å². The van der Waals surface area contributed by atoms with Gasteiger partial charge in [0.05, 0.1) is 22.9 Å². The van der Waals surface area contributed by atoms with E-state index >= 15 is 0 Å². The number of halogens is 1. The molecule has 0 aliphatic carbocycles. The maximum atomic E-state index is 13.1. The molecule has 4 nitrogen and oxygen atoms in total. The van der Waals surface area contributed by atoms with Gasteiger partial charge in [-0.2, -0.15) is 9.57 Å². The molecule has 2 aromatic rings. The Bertz CT molecular complexity index is 907. The lowest BCUT2D eigenvalue weighted by Crippen LogP contribution is -2.32. The highest BCUT2D eigenvalue weighted by Crippen LogP contribution is 2.42. The molecule has 0 radical (unpaired) electrons. The second kappa shape index (κ2) is 7.17. The first-order valence-corrected chi connectivity index (χ1v) is 10.1. The highest BCUT2D eigenvalue weighted by atomic mass is 35.5. The molecule has 0 saturated carbocycles. The Morgan fingerprint density at radius 3 is 2.60 bits per heavy atom. The van der Waals surface area contributed by atoms with E-state index < -0.39 is 16.1 Å². The van der Waals surface area contributed by atoms with Crippen molar-refractivity contribution in [2.24, 2.45) is 5.92 Å². The molecule has 0 amide bonds. The largest absolute Gasteiger partial charge is 0.243 e. The Balaban J connectivity index is 2.12. The van der Waals surface area contributed by atoms with Crippen LogP contribution in [0.25, 0.3) is 0 Å². The van der Waals surface area contributed by atoms with Gasteiger partial charge in [-0.05, 0) is 48.2 Å². The van der Waals surface area contributed by atoms with Crippen LogP contribution in [0.4, 0.5) is 0 Å². The van der Waals surface area contributed by atoms with Crippen LogP contribution in [0.1, 0.15) is 30.5 Å². The van der Waals surface area contributed by atoms with Crippen molar-refractivity contribution in [1.82, 2.24) is 4.31 Å². The summed E-state index contributed by atoms with van der Waals surface area (Å²) in [6.45, 7) is 2.34. The van der Waals surface area contributed by atoms with E-state index in [1.54, 1.807) is 42.5 Å². The molecule has 1 aliphatic rings. The SMILES string of the molecule is CCc1ccc(Cl)cc1C1C(C#N)CCN1S(=O)(=O)c1ccccc1. The first-order valence-electron chi connectivity index (χ1n) is 8.24. The van der Waals surface area contributed by atoms with Gasteiger partial charge in [0.2, 0.25) is 10.0 Å². The summed E-state index contributed by atoms with van der Waals surface area (Å²) < 4.78 is 27.8. The first-order chi connectivity index (χ1) is 12.0. The van der Waals surface area contributed by atoms with Crippen LogP contribution in [-0.4, -0.2) is 19.3 Å². The second-order valence-corrected chi connectivity index (χ2v) is 8.42. The van der Waals surface area contributed by atoms with Crippen LogP contribution in [0.2, 0.25) is 5.02 Å². The average molecular weight is 375 g/mol. The van der Waals surface area contributed by atoms with E-state index in [4.69, 9.17) is 11.6 Å². The van der Waals surface area contributed by atoms with Crippen molar-refractivity contribution in [3.05, 3.63) is 64.7 Å². The van der Waals surface area contributed by atoms with E-state index in [1.807, 2.05) is 13.0 Å². The van der Waals surface area contributed by atoms with Crippen molar-refractivity contribution in [1.29, 1.82) is 5.26 Å². The number of hydrogen-bond acceptors (Lipinski definition) is 3. The third-order valence-electron chi connectivity index (χ3n) is 4.67. The van der Waals surface area contributed by atoms with Crippen molar-refractivity contribution in [2.75, 3.05) is 6.54 Å². The fourth-order valence-electron chi connectivity index (χ4n) is 3.43. The van der Waals surface area contributed by atoms with Crippen LogP contribution in [-0.2, 0) is 16.4 Å². The topological polar surface area (TPSA) is 61.2 Å². The standard InChI is InChI=1S/C19H19ClN2O2S/c1-2-14-8-9-16(20)12-18(14)19-15(13-21)10-11-22(19)25(23,24)17-6-4-3-5-7-17/h3-9,12,15,19H,2,10-11H2,1H3. The lowest BCUT2D eigenvalue weighted by molar-refractivity contribution is 0.372. The fraction of sp³-hybridized carbons (Fsp3) is 0.316. The number of sulfonamides is 1. The predicted octanol–water partition coefficient (Wildman–Crippen LogP) is 4.18. The Morgan fingerprint density at radius 1 is 1.24 bits per heavy atom. The summed E-state index contributed by atoms with van der Waals surface area (Å²) in [5, 5.41) is 10.1. The molecule has 1 heterocycles. The van der Waals surface area contributed by atoms with E-state index in [0.29, 0.717) is 18.0 Å². The van der Waals surface area contributed by atoms with Gasteiger partial charge in [0.1, 0.15) is 0 Å². The van der Waals surface area contributed by atoms with Crippen LogP contribution in [0, 0.1) is 17.2 Å². The van der Waals surface area contributed by atoms with Gasteiger partial charge in [0.25, 0.3) is 0 Å². The monoisotopic (exact) mass is 374 g/mol. The third-order valence-corrected chi connectivity index (χ3v) is 6.81. The molecular weight excluding hydrogens is 356 g/mol. The van der Waals surface area contributed by atoms with Gasteiger partial charge in [-0.3, -0.25) is 0 Å². The number of benzene rings is 2. The van der Waals surface area contributed by atoms with Crippen LogP contribution >= 0.6 is 11.6 Å². The van der Waals surface area contributed by atoms with Crippen LogP contribution in [0.3, 0.4) is 0 Å². The summed E-state index contributed by atoms with van der Waals surface area (Å²) >= 11 is 6.17. The molecule has 2 aromatic carbocycles. The van der Waals surface area contributed by atoms with Gasteiger partial charge in [0.15, 0.2) is 0 Å². The number of hydrogen-bond donors (Lipinski definition) is 0. The highest BCUT2D eigenvalue weighted by molar-refractivity contribution is 7.89. The Labute approximate surface area is 153 Å². The molecule has 2 unspecified atom stereocenters. The zero-order chi connectivity index (χ0) is 18.0. The van der Waals surface area contributed by atoms with Gasteiger partial charge in [-0.15, -0.1) is 0 Å². The number of rotatable bonds is 4. The Morgan fingerprint density at radius 2 is 1.96 bits per heavy atom. The molecule has 0 aromatic heterocycles. The molecular formula is C19H19ClN2O2S. The minimum atomic E-state index is -3.68. The van der Waals surface area contributed by atoms with Crippen molar-refractivity contribution in [3.8, 4) is 6.07 Å². The average Bonchev–Trinajstić information content (AvgIpc) is 3.07. The van der Waals surface area contributed by atoms with Crippen molar-refractivity contribution >= 4 is 21.6 Å². The molecule has 1 aliphatic heterocycles. The quantitative estimate of drug-likeness (QED) is 0.806. The summed E-state index contributed by atoms with van der Waals surface area (Å²) in [4.78, 5) is 0.249. The number of nitrogens with zero attached hydrogens (tertiary/aromatic N) is 2. The zero-order valence-electron chi connectivity index (χ0n) is 13.9. The van der Waals surface area contributed by atoms with Gasteiger partial charge in [-0.1, -0.05) is 42.8 Å². The van der Waals surface area contributed by atoms with E-state index in [2.05, 4.69) is 6.07 Å². The summed E-state index contributed by atoms with van der Waals surface area (Å²) in [7, 11) is -3.68. The lowest BCUT2D eigenvalue weighted by Gasteiger charge is -2.27. The summed E-state index contributed by atoms with van der Waals surface area (Å²) in [5.41, 5.74) is 1.85. The van der Waals surface area contributed by atoms with E-state index in [9.17, 15) is 13.7 Å². The number of nitriles is 1. The molecule has 25 heavy (non-hydrogen) atoms. The molecule has 1 saturated heterocycles. The van der Waals surface area contributed by atoms with Crippen molar-refractivity contribution in [3.63, 3.8) is 0 Å². The zero-order valence-corrected chi connectivity index (χ0v) is 15.5. The van der Waals surface area contributed by atoms with Crippen molar-refractivity contribution < 1.29 is 8.42 Å². The van der Waals surface area contributed by atoms with Gasteiger partial charge >= 0.3 is 0 Å².